The fraction of sp³-hybridized carbons (Fsp3) is 0.111. The van der Waals surface area contributed by atoms with Crippen molar-refractivity contribution in [1.29, 1.82) is 0 Å². The number of rotatable bonds is 8. The number of aromatic hydroxyl groups is 2. The monoisotopic (exact) mass is 468 g/mol. The number of carbonyl (C=O) groups is 2. The molecule has 0 atom stereocenters. The average molecular weight is 469 g/mol. The van der Waals surface area contributed by atoms with Gasteiger partial charge >= 0.3 is 0 Å². The second-order valence-electron chi connectivity index (χ2n) is 7.89. The summed E-state index contributed by atoms with van der Waals surface area (Å²) in [5.41, 5.74) is 5.76. The largest absolute Gasteiger partial charge is 0.507 e. The number of hydrazone groups is 2. The van der Waals surface area contributed by atoms with E-state index < -0.39 is 0 Å². The lowest BCUT2D eigenvalue weighted by Crippen LogP contribution is -2.20. The van der Waals surface area contributed by atoms with Crippen molar-refractivity contribution < 1.29 is 19.8 Å². The number of nitrogens with zero attached hydrogens (tertiary/aromatic N) is 2. The van der Waals surface area contributed by atoms with E-state index in [9.17, 15) is 19.8 Å². The predicted octanol–water partition coefficient (Wildman–Crippen LogP) is 4.17. The molecule has 0 spiro atoms. The van der Waals surface area contributed by atoms with Gasteiger partial charge in [-0.3, -0.25) is 9.59 Å². The van der Waals surface area contributed by atoms with Crippen LogP contribution in [0.25, 0.3) is 21.5 Å². The third-order valence-electron chi connectivity index (χ3n) is 5.46. The predicted molar refractivity (Wildman–Crippen MR) is 137 cm³/mol. The second-order valence-corrected chi connectivity index (χ2v) is 7.89. The molecule has 0 aliphatic rings. The van der Waals surface area contributed by atoms with E-state index in [1.165, 1.54) is 12.4 Å². The number of amides is 2. The Bertz CT molecular complexity index is 1340. The van der Waals surface area contributed by atoms with E-state index >= 15 is 0 Å². The highest BCUT2D eigenvalue weighted by Crippen LogP contribution is 2.28. The zero-order valence-corrected chi connectivity index (χ0v) is 18.8. The first kappa shape index (κ1) is 23.4. The Labute approximate surface area is 201 Å². The molecule has 176 valence electrons. The average Bonchev–Trinajstić information content (AvgIpc) is 2.87. The molecule has 8 heteroatoms. The van der Waals surface area contributed by atoms with Crippen LogP contribution in [0.4, 0.5) is 0 Å². The van der Waals surface area contributed by atoms with Crippen molar-refractivity contribution >= 4 is 45.8 Å². The van der Waals surface area contributed by atoms with Crippen LogP contribution < -0.4 is 10.9 Å². The molecule has 0 fully saturated rings. The molecule has 0 heterocycles. The van der Waals surface area contributed by atoms with E-state index in [2.05, 4.69) is 21.1 Å². The molecule has 2 amide bonds. The molecular formula is C27H24N4O4. The van der Waals surface area contributed by atoms with Gasteiger partial charge in [-0.1, -0.05) is 60.7 Å². The van der Waals surface area contributed by atoms with Gasteiger partial charge in [0.05, 0.1) is 12.4 Å². The minimum atomic E-state index is -0.348. The first-order valence-electron chi connectivity index (χ1n) is 11.1. The second kappa shape index (κ2) is 10.9. The molecule has 4 N–H and O–H groups in total. The number of phenols is 2. The zero-order chi connectivity index (χ0) is 24.6. The van der Waals surface area contributed by atoms with Gasteiger partial charge < -0.3 is 10.2 Å². The molecule has 0 saturated carbocycles. The third kappa shape index (κ3) is 5.80. The summed E-state index contributed by atoms with van der Waals surface area (Å²) in [5.74, 6) is -0.511. The van der Waals surface area contributed by atoms with Crippen molar-refractivity contribution in [2.45, 2.75) is 19.3 Å². The minimum Gasteiger partial charge on any atom is -0.507 e. The summed E-state index contributed by atoms with van der Waals surface area (Å²) >= 11 is 0. The minimum absolute atomic E-state index is 0.0929. The van der Waals surface area contributed by atoms with Crippen LogP contribution in [0.3, 0.4) is 0 Å². The van der Waals surface area contributed by atoms with Gasteiger partial charge in [0.15, 0.2) is 0 Å². The summed E-state index contributed by atoms with van der Waals surface area (Å²) in [6, 6.07) is 22.0. The number of benzene rings is 4. The molecule has 4 aromatic rings. The van der Waals surface area contributed by atoms with Gasteiger partial charge in [0.1, 0.15) is 11.5 Å². The standard InChI is InChI=1S/C27H24N4O4/c32-24(30-28-16-20-14-12-18-6-1-3-8-22(18)26(20)34)10-5-11-25(33)31-29-17-21-15-13-19-7-2-4-9-23(19)27(21)35/h1-4,6-9,12-17,34-35H,5,10-11H2,(H,30,32)(H,31,33)/b28-16+,29-17+. The Kier molecular flexibility index (Phi) is 7.32. The lowest BCUT2D eigenvalue weighted by atomic mass is 10.1. The molecule has 4 rings (SSSR count). The van der Waals surface area contributed by atoms with Gasteiger partial charge in [0.25, 0.3) is 0 Å². The lowest BCUT2D eigenvalue weighted by molar-refractivity contribution is -0.122. The molecule has 0 unspecified atom stereocenters. The number of nitrogens with one attached hydrogen (secondary N) is 2. The summed E-state index contributed by atoms with van der Waals surface area (Å²) in [7, 11) is 0. The van der Waals surface area contributed by atoms with Gasteiger partial charge in [-0.05, 0) is 29.3 Å². The van der Waals surface area contributed by atoms with Gasteiger partial charge in [-0.25, -0.2) is 10.9 Å². The van der Waals surface area contributed by atoms with Crippen molar-refractivity contribution in [3.05, 3.63) is 83.9 Å². The number of hydrogen-bond acceptors (Lipinski definition) is 6. The molecule has 0 bridgehead atoms. The molecule has 0 radical (unpaired) electrons. The van der Waals surface area contributed by atoms with Crippen LogP contribution in [0.1, 0.15) is 30.4 Å². The number of carbonyl (C=O) groups excluding carboxylic acids is 2. The maximum absolute atomic E-state index is 12.0. The Morgan fingerprint density at radius 1 is 0.657 bits per heavy atom. The summed E-state index contributed by atoms with van der Waals surface area (Å²) in [4.78, 5) is 24.0. The normalized spacial score (nSPS) is 11.4. The van der Waals surface area contributed by atoms with Crippen molar-refractivity contribution in [3.63, 3.8) is 0 Å². The molecule has 0 aliphatic heterocycles. The molecule has 0 aromatic heterocycles. The highest BCUT2D eigenvalue weighted by atomic mass is 16.3. The van der Waals surface area contributed by atoms with Crippen molar-refractivity contribution in [2.75, 3.05) is 0 Å². The summed E-state index contributed by atoms with van der Waals surface area (Å²) < 4.78 is 0. The van der Waals surface area contributed by atoms with Gasteiger partial charge in [0.2, 0.25) is 11.8 Å². The van der Waals surface area contributed by atoms with E-state index in [0.717, 1.165) is 10.8 Å². The highest BCUT2D eigenvalue weighted by molar-refractivity contribution is 5.98. The topological polar surface area (TPSA) is 123 Å². The van der Waals surface area contributed by atoms with Crippen molar-refractivity contribution in [1.82, 2.24) is 10.9 Å². The smallest absolute Gasteiger partial charge is 0.240 e. The van der Waals surface area contributed by atoms with Crippen LogP contribution in [-0.4, -0.2) is 34.5 Å². The van der Waals surface area contributed by atoms with Crippen LogP contribution in [0.5, 0.6) is 11.5 Å². The van der Waals surface area contributed by atoms with Crippen LogP contribution in [-0.2, 0) is 9.59 Å². The molecular weight excluding hydrogens is 444 g/mol. The van der Waals surface area contributed by atoms with Crippen LogP contribution >= 0.6 is 0 Å². The fourth-order valence-corrected chi connectivity index (χ4v) is 3.62. The molecule has 35 heavy (non-hydrogen) atoms. The maximum Gasteiger partial charge on any atom is 0.240 e. The Morgan fingerprint density at radius 3 is 1.54 bits per heavy atom. The summed E-state index contributed by atoms with van der Waals surface area (Å²) in [5, 5.41) is 31.7. The SMILES string of the molecule is O=C(CCCC(=O)N/N=C/c1ccc2ccccc2c1O)N/N=C/c1ccc2ccccc2c1O. The van der Waals surface area contributed by atoms with Crippen molar-refractivity contribution in [3.8, 4) is 11.5 Å². The van der Waals surface area contributed by atoms with Gasteiger partial charge in [-0.15, -0.1) is 0 Å². The third-order valence-corrected chi connectivity index (χ3v) is 5.46. The molecule has 8 nitrogen and oxygen atoms in total. The summed E-state index contributed by atoms with van der Waals surface area (Å²) in [6.07, 6.45) is 3.27. The van der Waals surface area contributed by atoms with Crippen molar-refractivity contribution in [2.24, 2.45) is 10.2 Å². The van der Waals surface area contributed by atoms with E-state index in [4.69, 9.17) is 0 Å². The Balaban J connectivity index is 1.21. The van der Waals surface area contributed by atoms with E-state index in [1.807, 2.05) is 48.5 Å². The number of fused-ring (bicyclic) bond motifs is 2. The van der Waals surface area contributed by atoms with Crippen LogP contribution in [0, 0.1) is 0 Å². The van der Waals surface area contributed by atoms with Crippen LogP contribution in [0.15, 0.2) is 83.0 Å². The Hall–Kier alpha value is -4.72. The first-order chi connectivity index (χ1) is 17.0. The fourth-order valence-electron chi connectivity index (χ4n) is 3.62. The molecule has 4 aromatic carbocycles. The first-order valence-corrected chi connectivity index (χ1v) is 11.1. The quantitative estimate of drug-likeness (QED) is 0.229. The Morgan fingerprint density at radius 2 is 1.09 bits per heavy atom. The maximum atomic E-state index is 12.0. The van der Waals surface area contributed by atoms with Crippen LogP contribution in [0.2, 0.25) is 0 Å². The van der Waals surface area contributed by atoms with E-state index in [-0.39, 0.29) is 36.2 Å². The lowest BCUT2D eigenvalue weighted by Gasteiger charge is -2.04. The molecule has 0 aliphatic carbocycles. The zero-order valence-electron chi connectivity index (χ0n) is 18.8. The van der Waals surface area contributed by atoms with Gasteiger partial charge in [0, 0.05) is 34.7 Å². The highest BCUT2D eigenvalue weighted by Gasteiger charge is 2.07. The summed E-state index contributed by atoms with van der Waals surface area (Å²) in [6.45, 7) is 0. The van der Waals surface area contributed by atoms with E-state index in [1.54, 1.807) is 24.3 Å². The molecule has 0 saturated heterocycles. The number of phenolic OH excluding ortho intramolecular Hbond substituents is 2. The van der Waals surface area contributed by atoms with E-state index in [0.29, 0.717) is 28.3 Å². The number of hydrogen-bond donors (Lipinski definition) is 4. The van der Waals surface area contributed by atoms with Gasteiger partial charge in [-0.2, -0.15) is 10.2 Å².